The highest BCUT2D eigenvalue weighted by Crippen LogP contribution is 2.46. The molecule has 0 saturated heterocycles. The van der Waals surface area contributed by atoms with Gasteiger partial charge in [-0.15, -0.1) is 0 Å². The molecule has 0 fully saturated rings. The number of carbonyl (C=O) groups is 1. The maximum atomic E-state index is 12.3. The van der Waals surface area contributed by atoms with Crippen molar-refractivity contribution in [3.8, 4) is 11.5 Å². The smallest absolute Gasteiger partial charge is 0.335 e. The Bertz CT molecular complexity index is 1010. The fraction of sp³-hybridized carbons (Fsp3) is 0.483. The van der Waals surface area contributed by atoms with E-state index in [4.69, 9.17) is 4.74 Å². The van der Waals surface area contributed by atoms with E-state index in [0.717, 1.165) is 46.2 Å². The number of phenolic OH excluding ortho intramolecular Hbond substituents is 1. The molecule has 1 unspecified atom stereocenters. The van der Waals surface area contributed by atoms with E-state index < -0.39 is 5.97 Å². The maximum Gasteiger partial charge on any atom is 0.335 e. The molecule has 2 aromatic rings. The molecule has 2 aromatic carbocycles. The minimum atomic E-state index is -0.475. The van der Waals surface area contributed by atoms with Gasteiger partial charge < -0.3 is 9.84 Å². The molecule has 3 nitrogen and oxygen atoms in total. The van der Waals surface area contributed by atoms with Crippen molar-refractivity contribution in [2.75, 3.05) is 0 Å². The van der Waals surface area contributed by atoms with Crippen molar-refractivity contribution in [1.29, 1.82) is 0 Å². The summed E-state index contributed by atoms with van der Waals surface area (Å²) in [5.74, 6) is 0.266. The average Bonchev–Trinajstić information content (AvgIpc) is 2.74. The second-order valence-electron chi connectivity index (χ2n) is 10.3. The third-order valence-electron chi connectivity index (χ3n) is 7.07. The Morgan fingerprint density at radius 1 is 0.969 bits per heavy atom. The van der Waals surface area contributed by atoms with Gasteiger partial charge in [-0.05, 0) is 37.5 Å². The average molecular weight is 437 g/mol. The third-order valence-corrected chi connectivity index (χ3v) is 7.07. The van der Waals surface area contributed by atoms with E-state index in [1.807, 2.05) is 6.07 Å². The normalized spacial score (nSPS) is 13.0. The van der Waals surface area contributed by atoms with Gasteiger partial charge in [0.25, 0.3) is 0 Å². The van der Waals surface area contributed by atoms with Gasteiger partial charge in [0.05, 0.1) is 0 Å². The second-order valence-corrected chi connectivity index (χ2v) is 10.3. The van der Waals surface area contributed by atoms with E-state index in [0.29, 0.717) is 11.5 Å². The topological polar surface area (TPSA) is 46.5 Å². The number of benzene rings is 2. The molecule has 174 valence electrons. The van der Waals surface area contributed by atoms with Crippen LogP contribution in [0.25, 0.3) is 0 Å². The van der Waals surface area contributed by atoms with Crippen LogP contribution in [0.3, 0.4) is 0 Å². The number of aromatic hydroxyl groups is 1. The summed E-state index contributed by atoms with van der Waals surface area (Å²) in [4.78, 5) is 12.3. The molecule has 0 amide bonds. The van der Waals surface area contributed by atoms with E-state index in [2.05, 4.69) is 87.1 Å². The molecule has 0 radical (unpaired) electrons. The molecule has 0 heterocycles. The van der Waals surface area contributed by atoms with E-state index in [1.165, 1.54) is 6.08 Å². The standard InChI is InChI=1S/C29H40O3/c1-11-25(30)32-27-22(15-19(5)17-24(27)29(9,10)13-3)20(6)21-14-18(4)16-23(26(21)31)28(7,8)12-2/h11,14-17,20,31H,1,12-13H2,2-10H3. The molecule has 0 aliphatic heterocycles. The number of esters is 1. The van der Waals surface area contributed by atoms with E-state index >= 15 is 0 Å². The molecule has 0 aromatic heterocycles. The Balaban J connectivity index is 2.83. The number of ether oxygens (including phenoxy) is 1. The van der Waals surface area contributed by atoms with E-state index in [9.17, 15) is 9.90 Å². The zero-order chi connectivity index (χ0) is 24.4. The number of aryl methyl sites for hydroxylation is 2. The first-order chi connectivity index (χ1) is 14.8. The summed E-state index contributed by atoms with van der Waals surface area (Å²) in [6.07, 6.45) is 3.01. The Kier molecular flexibility index (Phi) is 7.65. The van der Waals surface area contributed by atoms with Crippen LogP contribution in [-0.2, 0) is 15.6 Å². The summed E-state index contributed by atoms with van der Waals surface area (Å²) in [5.41, 5.74) is 5.58. The van der Waals surface area contributed by atoms with Crippen LogP contribution in [0.1, 0.15) is 101 Å². The van der Waals surface area contributed by atoms with Crippen LogP contribution in [0.15, 0.2) is 36.9 Å². The lowest BCUT2D eigenvalue weighted by Crippen LogP contribution is -2.21. The van der Waals surface area contributed by atoms with Crippen LogP contribution in [0.5, 0.6) is 11.5 Å². The van der Waals surface area contributed by atoms with Gasteiger partial charge in [-0.25, -0.2) is 4.79 Å². The fourth-order valence-electron chi connectivity index (χ4n) is 4.08. The van der Waals surface area contributed by atoms with Gasteiger partial charge in [0.15, 0.2) is 0 Å². The van der Waals surface area contributed by atoms with Crippen LogP contribution in [-0.4, -0.2) is 11.1 Å². The highest BCUT2D eigenvalue weighted by molar-refractivity contribution is 5.84. The van der Waals surface area contributed by atoms with Crippen molar-refractivity contribution in [3.63, 3.8) is 0 Å². The predicted octanol–water partition coefficient (Wildman–Crippen LogP) is 7.63. The van der Waals surface area contributed by atoms with Crippen molar-refractivity contribution in [2.45, 2.75) is 91.9 Å². The summed E-state index contributed by atoms with van der Waals surface area (Å²) in [6, 6.07) is 8.29. The van der Waals surface area contributed by atoms with Gasteiger partial charge in [0, 0.05) is 34.2 Å². The molecule has 0 bridgehead atoms. The summed E-state index contributed by atoms with van der Waals surface area (Å²) in [5, 5.41) is 11.4. The summed E-state index contributed by atoms with van der Waals surface area (Å²) in [7, 11) is 0. The molecule has 0 aliphatic rings. The Morgan fingerprint density at radius 3 is 1.94 bits per heavy atom. The van der Waals surface area contributed by atoms with Crippen molar-refractivity contribution >= 4 is 5.97 Å². The number of hydrogen-bond acceptors (Lipinski definition) is 3. The van der Waals surface area contributed by atoms with Crippen LogP contribution >= 0.6 is 0 Å². The fourth-order valence-corrected chi connectivity index (χ4v) is 4.08. The molecule has 0 saturated carbocycles. The second kappa shape index (κ2) is 9.52. The Labute approximate surface area is 194 Å². The van der Waals surface area contributed by atoms with E-state index in [-0.39, 0.29) is 16.7 Å². The molecule has 3 heteroatoms. The molecule has 0 aliphatic carbocycles. The van der Waals surface area contributed by atoms with E-state index in [1.54, 1.807) is 0 Å². The largest absolute Gasteiger partial charge is 0.507 e. The van der Waals surface area contributed by atoms with Crippen LogP contribution in [0, 0.1) is 13.8 Å². The highest BCUT2D eigenvalue weighted by atomic mass is 16.5. The molecular formula is C29H40O3. The minimum absolute atomic E-state index is 0.148. The SMILES string of the molecule is C=CC(=O)Oc1c(C(C)c2cc(C)cc(C(C)(C)CC)c2O)cc(C)cc1C(C)(C)CC. The zero-order valence-corrected chi connectivity index (χ0v) is 21.3. The van der Waals surface area contributed by atoms with Crippen molar-refractivity contribution < 1.29 is 14.6 Å². The third kappa shape index (κ3) is 5.09. The van der Waals surface area contributed by atoms with Gasteiger partial charge >= 0.3 is 5.97 Å². The number of carbonyl (C=O) groups excluding carboxylic acids is 1. The van der Waals surface area contributed by atoms with Crippen molar-refractivity contribution in [3.05, 3.63) is 70.3 Å². The molecule has 32 heavy (non-hydrogen) atoms. The van der Waals surface area contributed by atoms with Crippen LogP contribution < -0.4 is 4.74 Å². The number of hydrogen-bond donors (Lipinski definition) is 1. The Hall–Kier alpha value is -2.55. The van der Waals surface area contributed by atoms with Gasteiger partial charge in [-0.1, -0.05) is 90.4 Å². The van der Waals surface area contributed by atoms with Crippen molar-refractivity contribution in [1.82, 2.24) is 0 Å². The number of phenols is 1. The molecule has 1 N–H and O–H groups in total. The summed E-state index contributed by atoms with van der Waals surface area (Å²) >= 11 is 0. The zero-order valence-electron chi connectivity index (χ0n) is 21.3. The van der Waals surface area contributed by atoms with Gasteiger partial charge in [-0.2, -0.15) is 0 Å². The molecule has 2 rings (SSSR count). The van der Waals surface area contributed by atoms with Gasteiger partial charge in [0.1, 0.15) is 11.5 Å². The molecule has 0 spiro atoms. The lowest BCUT2D eigenvalue weighted by molar-refractivity contribution is -0.129. The monoisotopic (exact) mass is 436 g/mol. The lowest BCUT2D eigenvalue weighted by Gasteiger charge is -2.30. The first kappa shape index (κ1) is 25.7. The maximum absolute atomic E-state index is 12.3. The highest BCUT2D eigenvalue weighted by Gasteiger charge is 2.31. The predicted molar refractivity (Wildman–Crippen MR) is 134 cm³/mol. The first-order valence-corrected chi connectivity index (χ1v) is 11.6. The van der Waals surface area contributed by atoms with Crippen LogP contribution in [0.4, 0.5) is 0 Å². The summed E-state index contributed by atoms with van der Waals surface area (Å²) in [6.45, 7) is 22.7. The van der Waals surface area contributed by atoms with Gasteiger partial charge in [-0.3, -0.25) is 0 Å². The quantitative estimate of drug-likeness (QED) is 0.263. The molecular weight excluding hydrogens is 396 g/mol. The minimum Gasteiger partial charge on any atom is -0.507 e. The summed E-state index contributed by atoms with van der Waals surface area (Å²) < 4.78 is 5.86. The van der Waals surface area contributed by atoms with Gasteiger partial charge in [0.2, 0.25) is 0 Å². The molecule has 1 atom stereocenters. The van der Waals surface area contributed by atoms with Crippen molar-refractivity contribution in [2.24, 2.45) is 0 Å². The van der Waals surface area contributed by atoms with Crippen LogP contribution in [0.2, 0.25) is 0 Å². The first-order valence-electron chi connectivity index (χ1n) is 11.6. The number of rotatable bonds is 8. The lowest BCUT2D eigenvalue weighted by atomic mass is 9.76. The Morgan fingerprint density at radius 2 is 1.44 bits per heavy atom.